The highest BCUT2D eigenvalue weighted by molar-refractivity contribution is 7.13. The van der Waals surface area contributed by atoms with Crippen LogP contribution >= 0.6 is 22.9 Å². The Labute approximate surface area is 149 Å². The highest BCUT2D eigenvalue weighted by Crippen LogP contribution is 2.22. The minimum absolute atomic E-state index is 0.151. The monoisotopic (exact) mass is 357 g/mol. The van der Waals surface area contributed by atoms with Gasteiger partial charge in [-0.1, -0.05) is 17.7 Å². The fraction of sp³-hybridized carbons (Fsp3) is 0.167. The molecule has 0 unspecified atom stereocenters. The van der Waals surface area contributed by atoms with Gasteiger partial charge in [0.25, 0.3) is 5.91 Å². The number of pyridine rings is 1. The van der Waals surface area contributed by atoms with Crippen LogP contribution in [0.1, 0.15) is 25.9 Å². The Morgan fingerprint density at radius 1 is 1.21 bits per heavy atom. The summed E-state index contributed by atoms with van der Waals surface area (Å²) in [4.78, 5) is 21.6. The van der Waals surface area contributed by atoms with Gasteiger partial charge >= 0.3 is 0 Å². The molecule has 0 atom stereocenters. The Kier molecular flexibility index (Phi) is 5.23. The Morgan fingerprint density at radius 3 is 2.75 bits per heavy atom. The lowest BCUT2D eigenvalue weighted by atomic mass is 10.1. The van der Waals surface area contributed by atoms with Crippen LogP contribution in [-0.2, 0) is 12.8 Å². The fourth-order valence-corrected chi connectivity index (χ4v) is 3.47. The molecule has 6 heteroatoms. The summed E-state index contributed by atoms with van der Waals surface area (Å²) in [6, 6.07) is 11.1. The number of nitrogens with one attached hydrogen (secondary N) is 1. The van der Waals surface area contributed by atoms with Crippen LogP contribution in [0.2, 0.25) is 5.02 Å². The predicted molar refractivity (Wildman–Crippen MR) is 97.9 cm³/mol. The number of hydrogen-bond donors (Lipinski definition) is 1. The Bertz CT molecular complexity index is 848. The second kappa shape index (κ2) is 7.55. The number of nitrogens with zero attached hydrogens (tertiary/aromatic N) is 2. The molecule has 1 N–H and O–H groups in total. The van der Waals surface area contributed by atoms with Crippen molar-refractivity contribution in [3.05, 3.63) is 75.0 Å². The van der Waals surface area contributed by atoms with Gasteiger partial charge in [0.05, 0.1) is 10.7 Å². The number of carbonyl (C=O) groups excluding carboxylic acids is 1. The van der Waals surface area contributed by atoms with Crippen molar-refractivity contribution in [2.75, 3.05) is 5.32 Å². The van der Waals surface area contributed by atoms with Gasteiger partial charge in [-0.2, -0.15) is 0 Å². The van der Waals surface area contributed by atoms with Gasteiger partial charge in [0.1, 0.15) is 4.88 Å². The van der Waals surface area contributed by atoms with Gasteiger partial charge in [0, 0.05) is 29.5 Å². The zero-order valence-electron chi connectivity index (χ0n) is 13.1. The van der Waals surface area contributed by atoms with E-state index in [9.17, 15) is 4.79 Å². The van der Waals surface area contributed by atoms with Crippen LogP contribution in [0.3, 0.4) is 0 Å². The summed E-state index contributed by atoms with van der Waals surface area (Å²) >= 11 is 7.38. The van der Waals surface area contributed by atoms with E-state index in [-0.39, 0.29) is 5.91 Å². The molecule has 0 radical (unpaired) electrons. The molecule has 0 aliphatic heterocycles. The minimum atomic E-state index is -0.151. The Hall–Kier alpha value is -2.24. The predicted octanol–water partition coefficient (Wildman–Crippen LogP) is 4.54. The molecule has 0 spiro atoms. The standard InChI is InChI=1S/C18H16ClN3OS/c1-12-17(18(23)22-15-4-2-3-14(19)11-15)24-16(21-12)6-5-13-7-9-20-10-8-13/h2-4,7-11H,5-6H2,1H3,(H,22,23). The van der Waals surface area contributed by atoms with E-state index in [1.54, 1.807) is 30.6 Å². The van der Waals surface area contributed by atoms with Crippen molar-refractivity contribution in [2.45, 2.75) is 19.8 Å². The van der Waals surface area contributed by atoms with Gasteiger partial charge in [0.2, 0.25) is 0 Å². The number of carbonyl (C=O) groups is 1. The van der Waals surface area contributed by atoms with E-state index in [0.29, 0.717) is 15.6 Å². The van der Waals surface area contributed by atoms with Crippen LogP contribution in [0.5, 0.6) is 0 Å². The first-order valence-electron chi connectivity index (χ1n) is 7.54. The Morgan fingerprint density at radius 2 is 2.00 bits per heavy atom. The zero-order valence-corrected chi connectivity index (χ0v) is 14.7. The summed E-state index contributed by atoms with van der Waals surface area (Å²) in [7, 11) is 0. The van der Waals surface area contributed by atoms with E-state index >= 15 is 0 Å². The summed E-state index contributed by atoms with van der Waals surface area (Å²) in [5, 5.41) is 4.41. The Balaban J connectivity index is 1.68. The van der Waals surface area contributed by atoms with Crippen molar-refractivity contribution < 1.29 is 4.79 Å². The van der Waals surface area contributed by atoms with Crippen molar-refractivity contribution in [2.24, 2.45) is 0 Å². The van der Waals surface area contributed by atoms with E-state index in [1.165, 1.54) is 16.9 Å². The average Bonchev–Trinajstić information content (AvgIpc) is 2.95. The maximum atomic E-state index is 12.4. The quantitative estimate of drug-likeness (QED) is 0.729. The van der Waals surface area contributed by atoms with E-state index in [2.05, 4.69) is 15.3 Å². The van der Waals surface area contributed by atoms with Gasteiger partial charge in [-0.05, 0) is 49.2 Å². The zero-order chi connectivity index (χ0) is 16.9. The largest absolute Gasteiger partial charge is 0.321 e. The molecular formula is C18H16ClN3OS. The van der Waals surface area contributed by atoms with E-state index in [4.69, 9.17) is 11.6 Å². The van der Waals surface area contributed by atoms with Gasteiger partial charge in [-0.3, -0.25) is 9.78 Å². The molecule has 1 aromatic carbocycles. The highest BCUT2D eigenvalue weighted by atomic mass is 35.5. The average molecular weight is 358 g/mol. The number of aromatic nitrogens is 2. The molecule has 0 saturated carbocycles. The number of amides is 1. The summed E-state index contributed by atoms with van der Waals surface area (Å²) in [5.74, 6) is -0.151. The number of halogens is 1. The third-order valence-electron chi connectivity index (χ3n) is 3.51. The van der Waals surface area contributed by atoms with Crippen molar-refractivity contribution >= 4 is 34.5 Å². The molecule has 0 bridgehead atoms. The molecule has 4 nitrogen and oxygen atoms in total. The second-order valence-corrected chi connectivity index (χ2v) is 6.86. The topological polar surface area (TPSA) is 54.9 Å². The first kappa shape index (κ1) is 16.6. The number of hydrogen-bond acceptors (Lipinski definition) is 4. The van der Waals surface area contributed by atoms with Crippen molar-refractivity contribution in [1.29, 1.82) is 0 Å². The summed E-state index contributed by atoms with van der Waals surface area (Å²) in [6.07, 6.45) is 5.25. The lowest BCUT2D eigenvalue weighted by Crippen LogP contribution is -2.11. The lowest BCUT2D eigenvalue weighted by Gasteiger charge is -2.04. The van der Waals surface area contributed by atoms with Crippen LogP contribution in [0.4, 0.5) is 5.69 Å². The molecule has 0 saturated heterocycles. The molecule has 2 aromatic heterocycles. The van der Waals surface area contributed by atoms with E-state index < -0.39 is 0 Å². The molecule has 0 fully saturated rings. The van der Waals surface area contributed by atoms with Gasteiger partial charge < -0.3 is 5.32 Å². The number of anilines is 1. The van der Waals surface area contributed by atoms with Crippen LogP contribution in [0, 0.1) is 6.92 Å². The highest BCUT2D eigenvalue weighted by Gasteiger charge is 2.15. The molecule has 3 aromatic rings. The molecule has 3 rings (SSSR count). The lowest BCUT2D eigenvalue weighted by molar-refractivity contribution is 0.103. The third-order valence-corrected chi connectivity index (χ3v) is 4.96. The maximum Gasteiger partial charge on any atom is 0.267 e. The van der Waals surface area contributed by atoms with Crippen LogP contribution in [0.15, 0.2) is 48.8 Å². The van der Waals surface area contributed by atoms with Crippen LogP contribution in [0.25, 0.3) is 0 Å². The first-order chi connectivity index (χ1) is 11.6. The van der Waals surface area contributed by atoms with E-state index in [1.807, 2.05) is 25.1 Å². The molecule has 2 heterocycles. The van der Waals surface area contributed by atoms with Gasteiger partial charge in [0.15, 0.2) is 0 Å². The normalized spacial score (nSPS) is 10.6. The molecule has 24 heavy (non-hydrogen) atoms. The molecule has 0 aliphatic rings. The number of rotatable bonds is 5. The number of benzene rings is 1. The summed E-state index contributed by atoms with van der Waals surface area (Å²) in [6.45, 7) is 1.86. The van der Waals surface area contributed by atoms with Crippen molar-refractivity contribution in [3.8, 4) is 0 Å². The van der Waals surface area contributed by atoms with Crippen molar-refractivity contribution in [1.82, 2.24) is 9.97 Å². The molecular weight excluding hydrogens is 342 g/mol. The smallest absolute Gasteiger partial charge is 0.267 e. The SMILES string of the molecule is Cc1nc(CCc2ccncc2)sc1C(=O)Nc1cccc(Cl)c1. The van der Waals surface area contributed by atoms with Gasteiger partial charge in [-0.15, -0.1) is 11.3 Å². The van der Waals surface area contributed by atoms with Crippen LogP contribution in [-0.4, -0.2) is 15.9 Å². The fourth-order valence-electron chi connectivity index (χ4n) is 2.32. The van der Waals surface area contributed by atoms with Gasteiger partial charge in [-0.25, -0.2) is 4.98 Å². The maximum absolute atomic E-state index is 12.4. The number of aryl methyl sites for hydroxylation is 3. The molecule has 0 aliphatic carbocycles. The first-order valence-corrected chi connectivity index (χ1v) is 8.73. The van der Waals surface area contributed by atoms with Crippen molar-refractivity contribution in [3.63, 3.8) is 0 Å². The summed E-state index contributed by atoms with van der Waals surface area (Å²) < 4.78 is 0. The number of thiazole rings is 1. The van der Waals surface area contributed by atoms with Crippen LogP contribution < -0.4 is 5.32 Å². The molecule has 122 valence electrons. The third kappa shape index (κ3) is 4.19. The second-order valence-electron chi connectivity index (χ2n) is 5.34. The molecule has 1 amide bonds. The van der Waals surface area contributed by atoms with E-state index in [0.717, 1.165) is 23.5 Å². The minimum Gasteiger partial charge on any atom is -0.321 e. The summed E-state index contributed by atoms with van der Waals surface area (Å²) in [5.41, 5.74) is 2.64.